The molecular formula is C14H14O3. The molecule has 3 heteroatoms. The van der Waals surface area contributed by atoms with Crippen molar-refractivity contribution in [2.75, 3.05) is 0 Å². The number of esters is 2. The molecule has 1 aliphatic heterocycles. The first-order valence-corrected chi connectivity index (χ1v) is 6.22. The number of cyclic esters (lactones) is 2. The van der Waals surface area contributed by atoms with Crippen molar-refractivity contribution in [1.82, 2.24) is 0 Å². The molecule has 0 aromatic heterocycles. The molecule has 5 aliphatic rings. The highest BCUT2D eigenvalue weighted by atomic mass is 16.6. The van der Waals surface area contributed by atoms with Gasteiger partial charge in [-0.15, -0.1) is 0 Å². The third kappa shape index (κ3) is 0.874. The molecular weight excluding hydrogens is 216 g/mol. The van der Waals surface area contributed by atoms with Crippen molar-refractivity contribution >= 4 is 11.9 Å². The van der Waals surface area contributed by atoms with Gasteiger partial charge in [-0.25, -0.2) is 0 Å². The Labute approximate surface area is 99.5 Å². The van der Waals surface area contributed by atoms with Crippen molar-refractivity contribution in [3.8, 4) is 0 Å². The number of carbonyl (C=O) groups excluding carboxylic acids is 2. The molecule has 1 saturated heterocycles. The van der Waals surface area contributed by atoms with Crippen LogP contribution < -0.4 is 0 Å². The Bertz CT molecular complexity index is 470. The van der Waals surface area contributed by atoms with Crippen molar-refractivity contribution in [1.29, 1.82) is 0 Å². The Hall–Kier alpha value is -1.38. The third-order valence-corrected chi connectivity index (χ3v) is 5.36. The van der Waals surface area contributed by atoms with E-state index in [4.69, 9.17) is 4.74 Å². The summed E-state index contributed by atoms with van der Waals surface area (Å²) < 4.78 is 4.85. The normalized spacial score (nSPS) is 50.0. The first kappa shape index (κ1) is 9.63. The highest BCUT2D eigenvalue weighted by Crippen LogP contribution is 2.63. The van der Waals surface area contributed by atoms with Gasteiger partial charge in [0.15, 0.2) is 0 Å². The lowest BCUT2D eigenvalue weighted by Crippen LogP contribution is -2.54. The molecule has 4 aliphatic carbocycles. The summed E-state index contributed by atoms with van der Waals surface area (Å²) in [4.78, 5) is 23.6. The number of hydrogen-bond acceptors (Lipinski definition) is 3. The van der Waals surface area contributed by atoms with Gasteiger partial charge in [0, 0.05) is 0 Å². The summed E-state index contributed by atoms with van der Waals surface area (Å²) in [7, 11) is 0. The molecule has 0 spiro atoms. The summed E-state index contributed by atoms with van der Waals surface area (Å²) in [6, 6.07) is 0. The monoisotopic (exact) mass is 230 g/mol. The summed E-state index contributed by atoms with van der Waals surface area (Å²) in [5.41, 5.74) is 2.83. The molecule has 3 nitrogen and oxygen atoms in total. The van der Waals surface area contributed by atoms with Crippen LogP contribution in [0.5, 0.6) is 0 Å². The predicted molar refractivity (Wildman–Crippen MR) is 59.6 cm³/mol. The summed E-state index contributed by atoms with van der Waals surface area (Å²) in [5, 5.41) is 0. The molecule has 2 bridgehead atoms. The molecule has 5 rings (SSSR count). The lowest BCUT2D eigenvalue weighted by Gasteiger charge is -2.56. The van der Waals surface area contributed by atoms with Crippen LogP contribution >= 0.6 is 0 Å². The Morgan fingerprint density at radius 2 is 1.24 bits per heavy atom. The quantitative estimate of drug-likeness (QED) is 0.361. The minimum absolute atomic E-state index is 0.192. The van der Waals surface area contributed by atoms with Crippen LogP contribution in [0.25, 0.3) is 0 Å². The van der Waals surface area contributed by atoms with Crippen LogP contribution in [0.15, 0.2) is 23.3 Å². The van der Waals surface area contributed by atoms with Crippen molar-refractivity contribution in [3.63, 3.8) is 0 Å². The van der Waals surface area contributed by atoms with Crippen molar-refractivity contribution in [2.45, 2.75) is 13.8 Å². The topological polar surface area (TPSA) is 43.4 Å². The predicted octanol–water partition coefficient (Wildman–Crippen LogP) is 1.70. The lowest BCUT2D eigenvalue weighted by atomic mass is 9.46. The Balaban J connectivity index is 1.86. The molecule has 2 fully saturated rings. The molecule has 0 radical (unpaired) electrons. The van der Waals surface area contributed by atoms with Crippen molar-refractivity contribution < 1.29 is 14.3 Å². The van der Waals surface area contributed by atoms with Gasteiger partial charge in [-0.05, 0) is 37.5 Å². The second-order valence-electron chi connectivity index (χ2n) is 5.75. The van der Waals surface area contributed by atoms with Gasteiger partial charge < -0.3 is 4.74 Å². The summed E-state index contributed by atoms with van der Waals surface area (Å²) >= 11 is 0. The first-order valence-electron chi connectivity index (χ1n) is 6.22. The van der Waals surface area contributed by atoms with E-state index < -0.39 is 0 Å². The van der Waals surface area contributed by atoms with E-state index in [0.717, 1.165) is 0 Å². The van der Waals surface area contributed by atoms with Crippen molar-refractivity contribution in [3.05, 3.63) is 23.3 Å². The van der Waals surface area contributed by atoms with Crippen molar-refractivity contribution in [2.24, 2.45) is 35.5 Å². The van der Waals surface area contributed by atoms with E-state index in [-0.39, 0.29) is 35.6 Å². The fourth-order valence-corrected chi connectivity index (χ4v) is 4.53. The van der Waals surface area contributed by atoms with E-state index >= 15 is 0 Å². The molecule has 1 saturated carbocycles. The number of hydrogen-bond donors (Lipinski definition) is 0. The van der Waals surface area contributed by atoms with E-state index in [1.807, 2.05) is 0 Å². The van der Waals surface area contributed by atoms with E-state index in [0.29, 0.717) is 11.8 Å². The standard InChI is InChI=1S/C14H14O3/c1-5-6(2)10-8-4-3-7(9(5)10)11-12(8)14(16)17-13(11)15/h3-4,7-12H,1-2H3/t7-,8-,9-,10-,11+,12+/m1/s1. The number of ether oxygens (including phenoxy) is 1. The van der Waals surface area contributed by atoms with E-state index in [1.165, 1.54) is 11.1 Å². The van der Waals surface area contributed by atoms with Gasteiger partial charge in [-0.2, -0.15) is 0 Å². The molecule has 0 aromatic carbocycles. The minimum Gasteiger partial charge on any atom is -0.393 e. The van der Waals surface area contributed by atoms with Crippen LogP contribution in [-0.2, 0) is 14.3 Å². The lowest BCUT2D eigenvalue weighted by molar-refractivity contribution is -0.154. The van der Waals surface area contributed by atoms with E-state index in [9.17, 15) is 9.59 Å². The second kappa shape index (κ2) is 2.71. The van der Waals surface area contributed by atoms with Crippen LogP contribution in [0, 0.1) is 35.5 Å². The molecule has 0 amide bonds. The van der Waals surface area contributed by atoms with E-state index in [1.54, 1.807) is 0 Å². The highest BCUT2D eigenvalue weighted by molar-refractivity contribution is 5.98. The fraction of sp³-hybridized carbons (Fsp3) is 0.571. The Kier molecular flexibility index (Phi) is 1.54. The molecule has 0 aromatic rings. The molecule has 0 unspecified atom stereocenters. The van der Waals surface area contributed by atoms with Gasteiger partial charge in [0.05, 0.1) is 11.8 Å². The van der Waals surface area contributed by atoms with Crippen LogP contribution in [0.4, 0.5) is 0 Å². The maximum absolute atomic E-state index is 11.8. The summed E-state index contributed by atoms with van der Waals surface area (Å²) in [5.74, 6) is 0.332. The minimum atomic E-state index is -0.296. The number of carbonyl (C=O) groups is 2. The Morgan fingerprint density at radius 1 is 0.824 bits per heavy atom. The zero-order chi connectivity index (χ0) is 11.9. The summed E-state index contributed by atoms with van der Waals surface area (Å²) in [6.07, 6.45) is 4.28. The first-order chi connectivity index (χ1) is 8.11. The van der Waals surface area contributed by atoms with Crippen LogP contribution in [0.1, 0.15) is 13.8 Å². The van der Waals surface area contributed by atoms with Crippen LogP contribution in [0.3, 0.4) is 0 Å². The van der Waals surface area contributed by atoms with E-state index in [2.05, 4.69) is 26.0 Å². The largest absolute Gasteiger partial charge is 0.393 e. The molecule has 6 atom stereocenters. The fourth-order valence-electron chi connectivity index (χ4n) is 4.53. The molecule has 88 valence electrons. The molecule has 0 N–H and O–H groups in total. The maximum atomic E-state index is 11.8. The highest BCUT2D eigenvalue weighted by Gasteiger charge is 2.64. The summed E-state index contributed by atoms with van der Waals surface area (Å²) in [6.45, 7) is 4.31. The molecule has 1 heterocycles. The maximum Gasteiger partial charge on any atom is 0.318 e. The van der Waals surface area contributed by atoms with Gasteiger partial charge >= 0.3 is 11.9 Å². The SMILES string of the molecule is CC1=C(C)[C@@H]2[C@H]3C=C[C@H]([C@@H]12)[C@@H]1C(=O)OC(=O)[C@@H]31. The number of allylic oxidation sites excluding steroid dienone is 4. The smallest absolute Gasteiger partial charge is 0.318 e. The molecule has 17 heavy (non-hydrogen) atoms. The van der Waals surface area contributed by atoms with Gasteiger partial charge in [0.1, 0.15) is 0 Å². The van der Waals surface area contributed by atoms with Crippen LogP contribution in [0.2, 0.25) is 0 Å². The van der Waals surface area contributed by atoms with Gasteiger partial charge in [-0.1, -0.05) is 23.3 Å². The third-order valence-electron chi connectivity index (χ3n) is 5.36. The zero-order valence-electron chi connectivity index (χ0n) is 9.84. The number of rotatable bonds is 0. The second-order valence-corrected chi connectivity index (χ2v) is 5.75. The van der Waals surface area contributed by atoms with Gasteiger partial charge in [0.2, 0.25) is 0 Å². The average molecular weight is 230 g/mol. The van der Waals surface area contributed by atoms with Gasteiger partial charge in [-0.3, -0.25) is 9.59 Å². The van der Waals surface area contributed by atoms with Gasteiger partial charge in [0.25, 0.3) is 0 Å². The van der Waals surface area contributed by atoms with Crippen LogP contribution in [-0.4, -0.2) is 11.9 Å². The Morgan fingerprint density at radius 3 is 1.65 bits per heavy atom. The average Bonchev–Trinajstić information content (AvgIpc) is 2.65. The zero-order valence-corrected chi connectivity index (χ0v) is 9.84.